The number of benzene rings is 1. The van der Waals surface area contributed by atoms with Gasteiger partial charge >= 0.3 is 0 Å². The third-order valence-corrected chi connectivity index (χ3v) is 5.82. The van der Waals surface area contributed by atoms with Crippen LogP contribution in [0.2, 0.25) is 5.02 Å². The zero-order valence-corrected chi connectivity index (χ0v) is 18.1. The van der Waals surface area contributed by atoms with Crippen molar-refractivity contribution in [2.75, 3.05) is 19.8 Å². The van der Waals surface area contributed by atoms with Crippen LogP contribution in [0.3, 0.4) is 0 Å². The van der Waals surface area contributed by atoms with Crippen LogP contribution in [0.15, 0.2) is 47.5 Å². The molecule has 0 unspecified atom stereocenters. The summed E-state index contributed by atoms with van der Waals surface area (Å²) in [5, 5.41) is 15.0. The summed E-state index contributed by atoms with van der Waals surface area (Å²) < 4.78 is 6.63. The molecule has 8 nitrogen and oxygen atoms in total. The lowest BCUT2D eigenvalue weighted by atomic mass is 10.0. The van der Waals surface area contributed by atoms with Crippen LogP contribution in [0.25, 0.3) is 16.9 Å². The fraction of sp³-hybridized carbons (Fsp3) is 0.304. The van der Waals surface area contributed by atoms with E-state index in [9.17, 15) is 9.59 Å². The minimum Gasteiger partial charge on any atom is -0.381 e. The van der Waals surface area contributed by atoms with Gasteiger partial charge in [0.05, 0.1) is 23.6 Å². The zero-order valence-electron chi connectivity index (χ0n) is 17.3. The Labute approximate surface area is 189 Å². The molecule has 1 aliphatic heterocycles. The molecule has 2 aromatic heterocycles. The number of rotatable bonds is 6. The largest absolute Gasteiger partial charge is 0.381 e. The molecule has 4 rings (SSSR count). The summed E-state index contributed by atoms with van der Waals surface area (Å²) in [4.78, 5) is 29.6. The molecule has 1 aliphatic rings. The quantitative estimate of drug-likeness (QED) is 0.597. The number of aromatic amines is 1. The topological polar surface area (TPSA) is 113 Å². The van der Waals surface area contributed by atoms with Crippen molar-refractivity contribution in [2.45, 2.75) is 19.3 Å². The van der Waals surface area contributed by atoms with Gasteiger partial charge in [-0.2, -0.15) is 5.26 Å². The number of carbonyl (C=O) groups is 1. The normalized spacial score (nSPS) is 14.1. The van der Waals surface area contributed by atoms with Crippen molar-refractivity contribution in [1.29, 1.82) is 5.26 Å². The SMILES string of the molecule is N#CCc1ccc(-c2c[nH]n(-c3ccc(C(=O)NCC4CCOCC4)cn3)c2=O)c(Cl)c1. The maximum Gasteiger partial charge on any atom is 0.280 e. The van der Waals surface area contributed by atoms with Gasteiger partial charge in [-0.25, -0.2) is 9.67 Å². The van der Waals surface area contributed by atoms with Gasteiger partial charge in [0.1, 0.15) is 0 Å². The second kappa shape index (κ2) is 9.81. The first-order valence-corrected chi connectivity index (χ1v) is 10.7. The highest BCUT2D eigenvalue weighted by atomic mass is 35.5. The van der Waals surface area contributed by atoms with Gasteiger partial charge in [0.25, 0.3) is 11.5 Å². The van der Waals surface area contributed by atoms with E-state index in [1.54, 1.807) is 36.5 Å². The molecule has 9 heteroatoms. The highest BCUT2D eigenvalue weighted by Crippen LogP contribution is 2.27. The lowest BCUT2D eigenvalue weighted by molar-refractivity contribution is 0.0642. The Kier molecular flexibility index (Phi) is 6.69. The van der Waals surface area contributed by atoms with Crippen LogP contribution in [0, 0.1) is 17.2 Å². The Morgan fingerprint density at radius 1 is 1.28 bits per heavy atom. The van der Waals surface area contributed by atoms with Crippen molar-refractivity contribution < 1.29 is 9.53 Å². The Balaban J connectivity index is 1.48. The lowest BCUT2D eigenvalue weighted by Crippen LogP contribution is -2.32. The Morgan fingerprint density at radius 2 is 2.09 bits per heavy atom. The molecule has 3 heterocycles. The van der Waals surface area contributed by atoms with Crippen molar-refractivity contribution >= 4 is 17.5 Å². The first kappa shape index (κ1) is 21.8. The molecule has 32 heavy (non-hydrogen) atoms. The predicted octanol–water partition coefficient (Wildman–Crippen LogP) is 3.10. The number of nitrogens with one attached hydrogen (secondary N) is 2. The fourth-order valence-corrected chi connectivity index (χ4v) is 3.96. The average molecular weight is 452 g/mol. The van der Waals surface area contributed by atoms with E-state index >= 15 is 0 Å². The highest BCUT2D eigenvalue weighted by molar-refractivity contribution is 6.33. The van der Waals surface area contributed by atoms with E-state index in [2.05, 4.69) is 21.5 Å². The summed E-state index contributed by atoms with van der Waals surface area (Å²) in [6.45, 7) is 2.08. The van der Waals surface area contributed by atoms with Crippen molar-refractivity contribution in [1.82, 2.24) is 20.1 Å². The maximum atomic E-state index is 12.9. The number of hydrogen-bond acceptors (Lipinski definition) is 5. The van der Waals surface area contributed by atoms with Crippen LogP contribution < -0.4 is 10.9 Å². The van der Waals surface area contributed by atoms with Crippen LogP contribution in [0.5, 0.6) is 0 Å². The molecule has 3 aromatic rings. The van der Waals surface area contributed by atoms with Gasteiger partial charge in [0.15, 0.2) is 5.82 Å². The molecule has 0 aliphatic carbocycles. The molecule has 1 amide bonds. The standard InChI is InChI=1S/C23H22ClN5O3/c24-20-11-15(5-8-25)1-3-18(20)19-14-28-29(23(19)31)21-4-2-17(13-26-21)22(30)27-12-16-6-9-32-10-7-16/h1-4,11,13-14,16,28H,5-7,9-10,12H2,(H,27,30). The second-order valence-corrected chi connectivity index (χ2v) is 8.05. The van der Waals surface area contributed by atoms with E-state index < -0.39 is 0 Å². The molecule has 0 radical (unpaired) electrons. The summed E-state index contributed by atoms with van der Waals surface area (Å²) in [6.07, 6.45) is 5.15. The fourth-order valence-electron chi connectivity index (χ4n) is 3.65. The van der Waals surface area contributed by atoms with Crippen molar-refractivity contribution in [3.8, 4) is 23.0 Å². The van der Waals surface area contributed by atoms with Gasteiger partial charge in [0.2, 0.25) is 0 Å². The number of nitriles is 1. The summed E-state index contributed by atoms with van der Waals surface area (Å²) >= 11 is 6.33. The molecule has 1 saturated heterocycles. The molecule has 0 atom stereocenters. The number of nitrogens with zero attached hydrogens (tertiary/aromatic N) is 3. The first-order valence-electron chi connectivity index (χ1n) is 10.4. The van der Waals surface area contributed by atoms with E-state index in [4.69, 9.17) is 21.6 Å². The molecule has 0 bridgehead atoms. The van der Waals surface area contributed by atoms with Crippen LogP contribution in [-0.2, 0) is 11.2 Å². The Morgan fingerprint density at radius 3 is 2.78 bits per heavy atom. The summed E-state index contributed by atoms with van der Waals surface area (Å²) in [6, 6.07) is 10.5. The molecule has 2 N–H and O–H groups in total. The van der Waals surface area contributed by atoms with Crippen molar-refractivity contribution in [2.24, 2.45) is 5.92 Å². The van der Waals surface area contributed by atoms with Crippen LogP contribution in [-0.4, -0.2) is 40.4 Å². The van der Waals surface area contributed by atoms with Crippen molar-refractivity contribution in [3.05, 3.63) is 69.2 Å². The monoisotopic (exact) mass is 451 g/mol. The van der Waals surface area contributed by atoms with Crippen LogP contribution in [0.4, 0.5) is 0 Å². The highest BCUT2D eigenvalue weighted by Gasteiger charge is 2.17. The number of H-pyrrole nitrogens is 1. The second-order valence-electron chi connectivity index (χ2n) is 7.65. The predicted molar refractivity (Wildman–Crippen MR) is 120 cm³/mol. The van der Waals surface area contributed by atoms with Crippen LogP contribution >= 0.6 is 11.6 Å². The van der Waals surface area contributed by atoms with E-state index in [1.807, 2.05) is 0 Å². The van der Waals surface area contributed by atoms with Gasteiger partial charge in [-0.3, -0.25) is 14.7 Å². The Bertz CT molecular complexity index is 1200. The smallest absolute Gasteiger partial charge is 0.280 e. The molecular weight excluding hydrogens is 430 g/mol. The van der Waals surface area contributed by atoms with Crippen LogP contribution in [0.1, 0.15) is 28.8 Å². The van der Waals surface area contributed by atoms with Gasteiger partial charge < -0.3 is 10.1 Å². The summed E-state index contributed by atoms with van der Waals surface area (Å²) in [7, 11) is 0. The molecule has 0 saturated carbocycles. The molecule has 1 aromatic carbocycles. The minimum absolute atomic E-state index is 0.195. The van der Waals surface area contributed by atoms with E-state index in [0.717, 1.165) is 31.6 Å². The number of hydrogen-bond donors (Lipinski definition) is 2. The number of aromatic nitrogens is 3. The van der Waals surface area contributed by atoms with Gasteiger partial charge in [-0.15, -0.1) is 0 Å². The van der Waals surface area contributed by atoms with Gasteiger partial charge in [0, 0.05) is 42.7 Å². The number of amides is 1. The molecular formula is C23H22ClN5O3. The minimum atomic E-state index is -0.316. The third kappa shape index (κ3) is 4.74. The summed E-state index contributed by atoms with van der Waals surface area (Å²) in [5.41, 5.74) is 1.85. The summed E-state index contributed by atoms with van der Waals surface area (Å²) in [5.74, 6) is 0.593. The van der Waals surface area contributed by atoms with Gasteiger partial charge in [-0.1, -0.05) is 23.7 Å². The molecule has 0 spiro atoms. The van der Waals surface area contributed by atoms with E-state index in [-0.39, 0.29) is 17.9 Å². The van der Waals surface area contributed by atoms with E-state index in [0.29, 0.717) is 40.0 Å². The number of pyridine rings is 1. The number of carbonyl (C=O) groups excluding carboxylic acids is 1. The molecule has 164 valence electrons. The first-order chi connectivity index (χ1) is 15.6. The Hall–Kier alpha value is -3.41. The third-order valence-electron chi connectivity index (χ3n) is 5.51. The number of halogens is 1. The maximum absolute atomic E-state index is 12.9. The van der Waals surface area contributed by atoms with Gasteiger partial charge in [-0.05, 0) is 42.5 Å². The average Bonchev–Trinajstić information content (AvgIpc) is 3.19. The zero-order chi connectivity index (χ0) is 22.5. The van der Waals surface area contributed by atoms with Crippen molar-refractivity contribution in [3.63, 3.8) is 0 Å². The molecule has 1 fully saturated rings. The van der Waals surface area contributed by atoms with E-state index in [1.165, 1.54) is 10.9 Å². The lowest BCUT2D eigenvalue weighted by Gasteiger charge is -2.22. The number of ether oxygens (including phenoxy) is 1.